The van der Waals surface area contributed by atoms with E-state index in [0.717, 1.165) is 11.0 Å². The molecule has 24 heavy (non-hydrogen) atoms. The number of rotatable bonds is 6. The number of benzene rings is 2. The number of carbonyl (C=O) groups excluding carboxylic acids is 1. The Bertz CT molecular complexity index is 859. The number of hydrogen-bond acceptors (Lipinski definition) is 3. The second-order valence-electron chi connectivity index (χ2n) is 5.47. The minimum Gasteiger partial charge on any atom is -0.355 e. The Labute approximate surface area is 139 Å². The fourth-order valence-corrected chi connectivity index (χ4v) is 2.66. The van der Waals surface area contributed by atoms with Crippen molar-refractivity contribution in [3.8, 4) is 11.4 Å². The van der Waals surface area contributed by atoms with Gasteiger partial charge in [-0.25, -0.2) is 9.37 Å². The van der Waals surface area contributed by atoms with Crippen molar-refractivity contribution in [1.29, 1.82) is 0 Å². The van der Waals surface area contributed by atoms with Gasteiger partial charge in [0, 0.05) is 31.6 Å². The number of nitrogens with zero attached hydrogens (tertiary/aromatic N) is 2. The van der Waals surface area contributed by atoms with E-state index < -0.39 is 0 Å². The second-order valence-corrected chi connectivity index (χ2v) is 5.47. The summed E-state index contributed by atoms with van der Waals surface area (Å²) in [5, 5.41) is 2.75. The summed E-state index contributed by atoms with van der Waals surface area (Å²) in [5.41, 5.74) is 7.82. The molecule has 0 radical (unpaired) electrons. The minimum atomic E-state index is -0.313. The number of hydrogen-bond donors (Lipinski definition) is 2. The number of fused-ring (bicyclic) bond motifs is 1. The second kappa shape index (κ2) is 7.23. The fraction of sp³-hybridized carbons (Fsp3) is 0.222. The predicted octanol–water partition coefficient (Wildman–Crippen LogP) is 2.31. The highest BCUT2D eigenvalue weighted by Crippen LogP contribution is 2.25. The van der Waals surface area contributed by atoms with Gasteiger partial charge >= 0.3 is 0 Å². The maximum absolute atomic E-state index is 13.6. The molecule has 1 amide bonds. The molecule has 0 atom stereocenters. The van der Waals surface area contributed by atoms with Gasteiger partial charge in [-0.1, -0.05) is 24.3 Å². The SMILES string of the molecule is NCCNC(=O)CCn1c(-c2cccc(F)c2)nc2ccccc21. The summed E-state index contributed by atoms with van der Waals surface area (Å²) < 4.78 is 15.5. The molecule has 0 saturated carbocycles. The monoisotopic (exact) mass is 326 g/mol. The topological polar surface area (TPSA) is 72.9 Å². The lowest BCUT2D eigenvalue weighted by molar-refractivity contribution is -0.121. The number of nitrogens with one attached hydrogen (secondary N) is 1. The Morgan fingerprint density at radius 2 is 2.04 bits per heavy atom. The third-order valence-corrected chi connectivity index (χ3v) is 3.77. The van der Waals surface area contributed by atoms with Crippen LogP contribution < -0.4 is 11.1 Å². The van der Waals surface area contributed by atoms with Gasteiger partial charge in [0.05, 0.1) is 11.0 Å². The normalized spacial score (nSPS) is 10.9. The molecule has 3 rings (SSSR count). The van der Waals surface area contributed by atoms with Gasteiger partial charge in [0.2, 0.25) is 5.91 Å². The van der Waals surface area contributed by atoms with E-state index in [4.69, 9.17) is 5.73 Å². The van der Waals surface area contributed by atoms with Crippen molar-refractivity contribution in [3.63, 3.8) is 0 Å². The van der Waals surface area contributed by atoms with Crippen LogP contribution in [0.25, 0.3) is 22.4 Å². The number of para-hydroxylation sites is 2. The molecule has 6 heteroatoms. The van der Waals surface area contributed by atoms with Crippen molar-refractivity contribution in [2.75, 3.05) is 13.1 Å². The third kappa shape index (κ3) is 3.44. The number of amides is 1. The molecule has 5 nitrogen and oxygen atoms in total. The van der Waals surface area contributed by atoms with Crippen LogP contribution in [0.1, 0.15) is 6.42 Å². The lowest BCUT2D eigenvalue weighted by atomic mass is 10.2. The van der Waals surface area contributed by atoms with Crippen LogP contribution in [0.15, 0.2) is 48.5 Å². The molecule has 1 heterocycles. The smallest absolute Gasteiger partial charge is 0.221 e. The van der Waals surface area contributed by atoms with Gasteiger partial charge in [-0.15, -0.1) is 0 Å². The summed E-state index contributed by atoms with van der Waals surface area (Å²) >= 11 is 0. The lowest BCUT2D eigenvalue weighted by Crippen LogP contribution is -2.29. The first-order chi connectivity index (χ1) is 11.7. The zero-order valence-electron chi connectivity index (χ0n) is 13.2. The minimum absolute atomic E-state index is 0.0663. The van der Waals surface area contributed by atoms with Gasteiger partial charge in [0.25, 0.3) is 0 Å². The number of imidazole rings is 1. The van der Waals surface area contributed by atoms with Gasteiger partial charge < -0.3 is 15.6 Å². The summed E-state index contributed by atoms with van der Waals surface area (Å²) in [7, 11) is 0. The van der Waals surface area contributed by atoms with Crippen LogP contribution in [0.5, 0.6) is 0 Å². The van der Waals surface area contributed by atoms with Crippen LogP contribution in [0, 0.1) is 5.82 Å². The molecule has 0 aliphatic heterocycles. The standard InChI is InChI=1S/C18H19FN4O/c19-14-5-3-4-13(12-14)18-22-15-6-1-2-7-16(15)23(18)11-8-17(24)21-10-9-20/h1-7,12H,8-11,20H2,(H,21,24). The van der Waals surface area contributed by atoms with Crippen molar-refractivity contribution < 1.29 is 9.18 Å². The van der Waals surface area contributed by atoms with Crippen LogP contribution in [0.3, 0.4) is 0 Å². The summed E-state index contributed by atoms with van der Waals surface area (Å²) in [6, 6.07) is 14.0. The Morgan fingerprint density at radius 1 is 1.21 bits per heavy atom. The molecule has 0 aliphatic rings. The highest BCUT2D eigenvalue weighted by Gasteiger charge is 2.14. The van der Waals surface area contributed by atoms with E-state index in [1.165, 1.54) is 12.1 Å². The highest BCUT2D eigenvalue weighted by atomic mass is 19.1. The molecule has 0 bridgehead atoms. The summed E-state index contributed by atoms with van der Waals surface area (Å²) in [5.74, 6) is 0.276. The van der Waals surface area contributed by atoms with Gasteiger partial charge in [0.15, 0.2) is 0 Å². The molecule has 0 fully saturated rings. The van der Waals surface area contributed by atoms with E-state index >= 15 is 0 Å². The Balaban J connectivity index is 1.95. The first kappa shape index (κ1) is 16.1. The number of aromatic nitrogens is 2. The lowest BCUT2D eigenvalue weighted by Gasteiger charge is -2.10. The molecular weight excluding hydrogens is 307 g/mol. The zero-order valence-corrected chi connectivity index (χ0v) is 13.2. The maximum atomic E-state index is 13.6. The Hall–Kier alpha value is -2.73. The van der Waals surface area contributed by atoms with E-state index in [-0.39, 0.29) is 11.7 Å². The van der Waals surface area contributed by atoms with Crippen LogP contribution in [0.2, 0.25) is 0 Å². The third-order valence-electron chi connectivity index (χ3n) is 3.77. The molecule has 124 valence electrons. The fourth-order valence-electron chi connectivity index (χ4n) is 2.66. The van der Waals surface area contributed by atoms with E-state index in [0.29, 0.717) is 37.4 Å². The molecule has 0 saturated heterocycles. The molecule has 3 N–H and O–H groups in total. The first-order valence-electron chi connectivity index (χ1n) is 7.87. The summed E-state index contributed by atoms with van der Waals surface area (Å²) in [6.45, 7) is 1.33. The molecular formula is C18H19FN4O. The van der Waals surface area contributed by atoms with Crippen LogP contribution in [-0.4, -0.2) is 28.5 Å². The molecule has 2 aromatic carbocycles. The van der Waals surface area contributed by atoms with E-state index in [2.05, 4.69) is 10.3 Å². The number of nitrogens with two attached hydrogens (primary N) is 1. The van der Waals surface area contributed by atoms with Crippen LogP contribution in [0.4, 0.5) is 4.39 Å². The van der Waals surface area contributed by atoms with Crippen LogP contribution >= 0.6 is 0 Å². The molecule has 0 aliphatic carbocycles. The quantitative estimate of drug-likeness (QED) is 0.730. The summed E-state index contributed by atoms with van der Waals surface area (Å²) in [6.07, 6.45) is 0.308. The Kier molecular flexibility index (Phi) is 4.86. The zero-order chi connectivity index (χ0) is 16.9. The van der Waals surface area contributed by atoms with Gasteiger partial charge in [-0.3, -0.25) is 4.79 Å². The van der Waals surface area contributed by atoms with Crippen molar-refractivity contribution in [2.24, 2.45) is 5.73 Å². The van der Waals surface area contributed by atoms with Crippen molar-refractivity contribution in [3.05, 3.63) is 54.3 Å². The number of aryl methyl sites for hydroxylation is 1. The molecule has 0 spiro atoms. The van der Waals surface area contributed by atoms with Gasteiger partial charge in [-0.05, 0) is 24.3 Å². The van der Waals surface area contributed by atoms with Crippen molar-refractivity contribution >= 4 is 16.9 Å². The van der Waals surface area contributed by atoms with Gasteiger partial charge in [0.1, 0.15) is 11.6 Å². The Morgan fingerprint density at radius 3 is 2.83 bits per heavy atom. The van der Waals surface area contributed by atoms with E-state index in [1.807, 2.05) is 34.9 Å². The largest absolute Gasteiger partial charge is 0.355 e. The average Bonchev–Trinajstić information content (AvgIpc) is 2.97. The molecule has 1 aromatic heterocycles. The van der Waals surface area contributed by atoms with E-state index in [1.54, 1.807) is 6.07 Å². The van der Waals surface area contributed by atoms with Crippen molar-refractivity contribution in [2.45, 2.75) is 13.0 Å². The average molecular weight is 326 g/mol. The van der Waals surface area contributed by atoms with Crippen molar-refractivity contribution in [1.82, 2.24) is 14.9 Å². The molecule has 3 aromatic rings. The van der Waals surface area contributed by atoms with Crippen LogP contribution in [-0.2, 0) is 11.3 Å². The number of halogens is 1. The predicted molar refractivity (Wildman–Crippen MR) is 91.8 cm³/mol. The maximum Gasteiger partial charge on any atom is 0.221 e. The number of carbonyl (C=O) groups is 1. The highest BCUT2D eigenvalue weighted by molar-refractivity contribution is 5.81. The summed E-state index contributed by atoms with van der Waals surface area (Å²) in [4.78, 5) is 16.5. The van der Waals surface area contributed by atoms with E-state index in [9.17, 15) is 9.18 Å². The first-order valence-corrected chi connectivity index (χ1v) is 7.87. The van der Waals surface area contributed by atoms with Gasteiger partial charge in [-0.2, -0.15) is 0 Å². The molecule has 0 unspecified atom stereocenters.